The van der Waals surface area contributed by atoms with Crippen molar-refractivity contribution >= 4 is 29.4 Å². The summed E-state index contributed by atoms with van der Waals surface area (Å²) in [5.41, 5.74) is 0. The van der Waals surface area contributed by atoms with E-state index in [2.05, 4.69) is 5.32 Å². The Kier molecular flexibility index (Phi) is 6.60. The van der Waals surface area contributed by atoms with Gasteiger partial charge >= 0.3 is 0 Å². The fourth-order valence-corrected chi connectivity index (χ4v) is 3.05. The van der Waals surface area contributed by atoms with Gasteiger partial charge in [0, 0.05) is 17.2 Å². The predicted molar refractivity (Wildman–Crippen MR) is 85.0 cm³/mol. The van der Waals surface area contributed by atoms with Gasteiger partial charge in [0.15, 0.2) is 0 Å². The molecule has 0 saturated heterocycles. The lowest BCUT2D eigenvalue weighted by molar-refractivity contribution is -0.118. The molecule has 106 valence electrons. The van der Waals surface area contributed by atoms with Crippen molar-refractivity contribution < 1.29 is 9.21 Å². The highest BCUT2D eigenvalue weighted by Crippen LogP contribution is 2.16. The molecule has 1 amide bonds. The number of rotatable bonds is 8. The van der Waals surface area contributed by atoms with Gasteiger partial charge in [-0.25, -0.2) is 0 Å². The van der Waals surface area contributed by atoms with Crippen molar-refractivity contribution in [2.24, 2.45) is 0 Å². The summed E-state index contributed by atoms with van der Waals surface area (Å²) in [6.07, 6.45) is 1.68. The number of benzene rings is 1. The zero-order valence-electron chi connectivity index (χ0n) is 11.1. The van der Waals surface area contributed by atoms with Crippen molar-refractivity contribution in [2.45, 2.75) is 10.6 Å². The molecule has 1 aromatic carbocycles. The van der Waals surface area contributed by atoms with Gasteiger partial charge in [-0.2, -0.15) is 11.8 Å². The van der Waals surface area contributed by atoms with Gasteiger partial charge in [-0.3, -0.25) is 4.79 Å². The van der Waals surface area contributed by atoms with Crippen molar-refractivity contribution in [1.29, 1.82) is 0 Å². The van der Waals surface area contributed by atoms with Gasteiger partial charge in [-0.05, 0) is 24.3 Å². The fraction of sp³-hybridized carbons (Fsp3) is 0.267. The Labute approximate surface area is 127 Å². The molecule has 20 heavy (non-hydrogen) atoms. The second kappa shape index (κ2) is 8.76. The molecular formula is C15H17NO2S2. The molecule has 1 heterocycles. The van der Waals surface area contributed by atoms with Crippen LogP contribution in [0.5, 0.6) is 0 Å². The van der Waals surface area contributed by atoms with Crippen LogP contribution in [-0.2, 0) is 10.5 Å². The summed E-state index contributed by atoms with van der Waals surface area (Å²) in [6, 6.07) is 13.8. The Hall–Kier alpha value is -1.33. The molecule has 5 heteroatoms. The number of carbonyl (C=O) groups excluding carboxylic acids is 1. The molecule has 1 aromatic heterocycles. The predicted octanol–water partition coefficient (Wildman–Crippen LogP) is 3.42. The van der Waals surface area contributed by atoms with E-state index in [4.69, 9.17) is 4.42 Å². The van der Waals surface area contributed by atoms with Crippen LogP contribution in [0.2, 0.25) is 0 Å². The van der Waals surface area contributed by atoms with E-state index in [9.17, 15) is 4.79 Å². The third-order valence-electron chi connectivity index (χ3n) is 2.51. The van der Waals surface area contributed by atoms with Crippen LogP contribution >= 0.6 is 23.5 Å². The molecule has 0 spiro atoms. The zero-order valence-corrected chi connectivity index (χ0v) is 12.7. The smallest absolute Gasteiger partial charge is 0.230 e. The molecule has 0 saturated carbocycles. The van der Waals surface area contributed by atoms with Gasteiger partial charge in [0.05, 0.1) is 17.8 Å². The molecule has 0 aliphatic carbocycles. The monoisotopic (exact) mass is 307 g/mol. The molecule has 0 unspecified atom stereocenters. The first kappa shape index (κ1) is 15.1. The van der Waals surface area contributed by atoms with Crippen molar-refractivity contribution in [3.8, 4) is 0 Å². The highest BCUT2D eigenvalue weighted by molar-refractivity contribution is 8.00. The van der Waals surface area contributed by atoms with E-state index in [1.165, 1.54) is 0 Å². The second-order valence-corrected chi connectivity index (χ2v) is 6.24. The molecule has 0 radical (unpaired) electrons. The molecule has 0 aliphatic rings. The van der Waals surface area contributed by atoms with Crippen molar-refractivity contribution in [2.75, 3.05) is 18.1 Å². The van der Waals surface area contributed by atoms with Crippen LogP contribution in [0, 0.1) is 0 Å². The second-order valence-electron chi connectivity index (χ2n) is 4.08. The van der Waals surface area contributed by atoms with Crippen molar-refractivity contribution in [3.63, 3.8) is 0 Å². The summed E-state index contributed by atoms with van der Waals surface area (Å²) >= 11 is 3.31. The van der Waals surface area contributed by atoms with Crippen molar-refractivity contribution in [3.05, 3.63) is 54.5 Å². The van der Waals surface area contributed by atoms with Gasteiger partial charge in [0.2, 0.25) is 5.91 Å². The quantitative estimate of drug-likeness (QED) is 0.599. The minimum Gasteiger partial charge on any atom is -0.468 e. The minimum atomic E-state index is 0.0810. The highest BCUT2D eigenvalue weighted by Gasteiger charge is 2.02. The van der Waals surface area contributed by atoms with E-state index in [-0.39, 0.29) is 5.91 Å². The Morgan fingerprint density at radius 1 is 1.15 bits per heavy atom. The molecule has 2 rings (SSSR count). The van der Waals surface area contributed by atoms with Gasteiger partial charge < -0.3 is 9.73 Å². The number of carbonyl (C=O) groups is 1. The van der Waals surface area contributed by atoms with Crippen LogP contribution < -0.4 is 5.32 Å². The summed E-state index contributed by atoms with van der Waals surface area (Å²) in [5.74, 6) is 3.26. The Bertz CT molecular complexity index is 500. The number of amides is 1. The van der Waals surface area contributed by atoms with Crippen LogP contribution in [0.15, 0.2) is 58.0 Å². The van der Waals surface area contributed by atoms with E-state index < -0.39 is 0 Å². The molecular weight excluding hydrogens is 290 g/mol. The Balaban J connectivity index is 1.52. The summed E-state index contributed by atoms with van der Waals surface area (Å²) in [4.78, 5) is 12.8. The average Bonchev–Trinajstić information content (AvgIpc) is 2.99. The first-order valence-corrected chi connectivity index (χ1v) is 8.53. The van der Waals surface area contributed by atoms with Crippen LogP contribution in [0.25, 0.3) is 0 Å². The number of thioether (sulfide) groups is 2. The number of nitrogens with one attached hydrogen (secondary N) is 1. The van der Waals surface area contributed by atoms with Gasteiger partial charge in [-0.15, -0.1) is 11.8 Å². The number of furan rings is 1. The summed E-state index contributed by atoms with van der Waals surface area (Å²) in [7, 11) is 0. The summed E-state index contributed by atoms with van der Waals surface area (Å²) in [6.45, 7) is 0.694. The first-order chi connectivity index (χ1) is 9.84. The molecule has 0 bridgehead atoms. The SMILES string of the molecule is O=C(CSc1ccccc1)NCCSCc1ccco1. The maximum atomic E-state index is 11.6. The summed E-state index contributed by atoms with van der Waals surface area (Å²) in [5, 5.41) is 2.92. The fourth-order valence-electron chi connectivity index (χ4n) is 1.55. The third-order valence-corrected chi connectivity index (χ3v) is 4.50. The first-order valence-electron chi connectivity index (χ1n) is 6.39. The standard InChI is InChI=1S/C15H17NO2S2/c17-15(12-20-14-6-2-1-3-7-14)16-8-10-19-11-13-5-4-9-18-13/h1-7,9H,8,10-12H2,(H,16,17). The Morgan fingerprint density at radius 3 is 2.75 bits per heavy atom. The molecule has 3 nitrogen and oxygen atoms in total. The van der Waals surface area contributed by atoms with E-state index in [1.54, 1.807) is 29.8 Å². The van der Waals surface area contributed by atoms with Crippen molar-refractivity contribution in [1.82, 2.24) is 5.32 Å². The maximum Gasteiger partial charge on any atom is 0.230 e. The van der Waals surface area contributed by atoms with Crippen LogP contribution in [0.4, 0.5) is 0 Å². The van der Waals surface area contributed by atoms with E-state index >= 15 is 0 Å². The number of hydrogen-bond acceptors (Lipinski definition) is 4. The lowest BCUT2D eigenvalue weighted by Crippen LogP contribution is -2.27. The molecule has 0 aliphatic heterocycles. The summed E-state index contributed by atoms with van der Waals surface area (Å²) < 4.78 is 5.24. The molecule has 0 fully saturated rings. The minimum absolute atomic E-state index is 0.0810. The van der Waals surface area contributed by atoms with Gasteiger partial charge in [-0.1, -0.05) is 18.2 Å². The normalized spacial score (nSPS) is 10.4. The largest absolute Gasteiger partial charge is 0.468 e. The van der Waals surface area contributed by atoms with E-state index in [1.807, 2.05) is 42.5 Å². The third kappa shape index (κ3) is 5.75. The lowest BCUT2D eigenvalue weighted by atomic mass is 10.4. The average molecular weight is 307 g/mol. The van der Waals surface area contributed by atoms with Crippen LogP contribution in [-0.4, -0.2) is 24.0 Å². The molecule has 1 N–H and O–H groups in total. The maximum absolute atomic E-state index is 11.6. The zero-order chi connectivity index (χ0) is 14.0. The lowest BCUT2D eigenvalue weighted by Gasteiger charge is -2.04. The molecule has 2 aromatic rings. The topological polar surface area (TPSA) is 42.2 Å². The Morgan fingerprint density at radius 2 is 2.00 bits per heavy atom. The number of hydrogen-bond donors (Lipinski definition) is 1. The van der Waals surface area contributed by atoms with Crippen LogP contribution in [0.3, 0.4) is 0 Å². The van der Waals surface area contributed by atoms with Crippen LogP contribution in [0.1, 0.15) is 5.76 Å². The highest BCUT2D eigenvalue weighted by atomic mass is 32.2. The molecule has 0 atom stereocenters. The van der Waals surface area contributed by atoms with E-state index in [0.717, 1.165) is 22.2 Å². The van der Waals surface area contributed by atoms with Gasteiger partial charge in [0.1, 0.15) is 5.76 Å². The van der Waals surface area contributed by atoms with E-state index in [0.29, 0.717) is 12.3 Å². The van der Waals surface area contributed by atoms with Gasteiger partial charge in [0.25, 0.3) is 0 Å².